The topological polar surface area (TPSA) is 64.0 Å². The van der Waals surface area contributed by atoms with Crippen LogP contribution >= 0.6 is 39.1 Å². The van der Waals surface area contributed by atoms with Crippen LogP contribution in [0.3, 0.4) is 0 Å². The summed E-state index contributed by atoms with van der Waals surface area (Å²) in [6.45, 7) is -0.247. The van der Waals surface area contributed by atoms with Crippen molar-refractivity contribution < 1.29 is 4.79 Å². The van der Waals surface area contributed by atoms with Crippen molar-refractivity contribution in [2.75, 3.05) is 5.32 Å². The summed E-state index contributed by atoms with van der Waals surface area (Å²) in [6, 6.07) is 15.4. The van der Waals surface area contributed by atoms with Crippen LogP contribution in [0.15, 0.2) is 63.9 Å². The van der Waals surface area contributed by atoms with Crippen LogP contribution in [0.4, 0.5) is 5.69 Å². The number of benzene rings is 2. The van der Waals surface area contributed by atoms with Crippen molar-refractivity contribution in [3.05, 3.63) is 79.5 Å². The number of carbonyl (C=O) groups excluding carboxylic acids is 1. The lowest BCUT2D eigenvalue weighted by Crippen LogP contribution is -2.29. The van der Waals surface area contributed by atoms with Gasteiger partial charge < -0.3 is 5.32 Å². The van der Waals surface area contributed by atoms with E-state index >= 15 is 0 Å². The van der Waals surface area contributed by atoms with Crippen LogP contribution in [0.2, 0.25) is 10.0 Å². The molecule has 3 aromatic rings. The van der Waals surface area contributed by atoms with Gasteiger partial charge in [-0.2, -0.15) is 5.10 Å². The molecular formula is C18H12BrCl2N3O2. The van der Waals surface area contributed by atoms with E-state index in [9.17, 15) is 9.59 Å². The van der Waals surface area contributed by atoms with E-state index in [1.54, 1.807) is 24.3 Å². The number of nitrogens with zero attached hydrogens (tertiary/aromatic N) is 2. The highest BCUT2D eigenvalue weighted by Gasteiger charge is 2.11. The van der Waals surface area contributed by atoms with Crippen molar-refractivity contribution in [2.45, 2.75) is 6.54 Å². The molecule has 1 heterocycles. The maximum atomic E-state index is 12.3. The van der Waals surface area contributed by atoms with Crippen molar-refractivity contribution in [1.29, 1.82) is 0 Å². The smallest absolute Gasteiger partial charge is 0.267 e. The second kappa shape index (κ2) is 8.03. The third kappa shape index (κ3) is 4.33. The van der Waals surface area contributed by atoms with Crippen LogP contribution in [-0.4, -0.2) is 15.7 Å². The molecule has 8 heteroatoms. The number of anilines is 1. The Hall–Kier alpha value is -2.15. The van der Waals surface area contributed by atoms with Crippen LogP contribution in [-0.2, 0) is 11.3 Å². The molecule has 1 amide bonds. The molecule has 0 bridgehead atoms. The SMILES string of the molecule is O=C(Cn1nc(-c2cccc(Br)c2)ccc1=O)Nc1cccc(Cl)c1Cl. The van der Waals surface area contributed by atoms with Gasteiger partial charge in [-0.15, -0.1) is 0 Å². The fourth-order valence-electron chi connectivity index (χ4n) is 2.29. The maximum Gasteiger partial charge on any atom is 0.267 e. The summed E-state index contributed by atoms with van der Waals surface area (Å²) < 4.78 is 1.99. The first-order valence-corrected chi connectivity index (χ1v) is 9.07. The molecule has 0 aliphatic rings. The van der Waals surface area contributed by atoms with Crippen LogP contribution in [0.25, 0.3) is 11.3 Å². The molecular weight excluding hydrogens is 441 g/mol. The van der Waals surface area contributed by atoms with E-state index in [-0.39, 0.29) is 17.1 Å². The normalized spacial score (nSPS) is 10.6. The number of halogens is 3. The largest absolute Gasteiger partial charge is 0.323 e. The van der Waals surface area contributed by atoms with E-state index < -0.39 is 5.91 Å². The van der Waals surface area contributed by atoms with Gasteiger partial charge in [0.1, 0.15) is 6.54 Å². The molecule has 132 valence electrons. The van der Waals surface area contributed by atoms with Crippen LogP contribution in [0, 0.1) is 0 Å². The Morgan fingerprint density at radius 2 is 1.88 bits per heavy atom. The lowest BCUT2D eigenvalue weighted by Gasteiger charge is -2.10. The number of amides is 1. The average molecular weight is 453 g/mol. The van der Waals surface area contributed by atoms with Gasteiger partial charge in [0.25, 0.3) is 5.56 Å². The first-order chi connectivity index (χ1) is 12.4. The van der Waals surface area contributed by atoms with Gasteiger partial charge >= 0.3 is 0 Å². The summed E-state index contributed by atoms with van der Waals surface area (Å²) in [5.41, 5.74) is 1.40. The molecule has 0 saturated carbocycles. The van der Waals surface area contributed by atoms with E-state index in [0.717, 1.165) is 14.7 Å². The fourth-order valence-corrected chi connectivity index (χ4v) is 3.04. The number of hydrogen-bond donors (Lipinski definition) is 1. The number of carbonyl (C=O) groups is 1. The van der Waals surface area contributed by atoms with E-state index in [2.05, 4.69) is 26.3 Å². The Morgan fingerprint density at radius 1 is 1.12 bits per heavy atom. The average Bonchev–Trinajstić information content (AvgIpc) is 2.61. The highest BCUT2D eigenvalue weighted by atomic mass is 79.9. The Bertz CT molecular complexity index is 1040. The number of aromatic nitrogens is 2. The van der Waals surface area contributed by atoms with Gasteiger partial charge in [0, 0.05) is 16.1 Å². The van der Waals surface area contributed by atoms with Gasteiger partial charge in [0.2, 0.25) is 5.91 Å². The van der Waals surface area contributed by atoms with Gasteiger partial charge in [-0.3, -0.25) is 9.59 Å². The minimum Gasteiger partial charge on any atom is -0.323 e. The number of rotatable bonds is 4. The van der Waals surface area contributed by atoms with Gasteiger partial charge in [-0.05, 0) is 30.3 Å². The molecule has 0 radical (unpaired) electrons. The highest BCUT2D eigenvalue weighted by Crippen LogP contribution is 2.29. The van der Waals surface area contributed by atoms with E-state index in [4.69, 9.17) is 23.2 Å². The third-order valence-electron chi connectivity index (χ3n) is 3.51. The summed E-state index contributed by atoms with van der Waals surface area (Å²) in [5, 5.41) is 7.47. The summed E-state index contributed by atoms with van der Waals surface area (Å²) in [4.78, 5) is 24.3. The van der Waals surface area contributed by atoms with E-state index in [1.807, 2.05) is 24.3 Å². The van der Waals surface area contributed by atoms with E-state index in [0.29, 0.717) is 16.4 Å². The van der Waals surface area contributed by atoms with E-state index in [1.165, 1.54) is 6.07 Å². The van der Waals surface area contributed by atoms with Crippen molar-refractivity contribution in [1.82, 2.24) is 9.78 Å². The van der Waals surface area contributed by atoms with Crippen LogP contribution in [0.1, 0.15) is 0 Å². The standard InChI is InChI=1S/C18H12BrCl2N3O2/c19-12-4-1-3-11(9-12)14-7-8-17(26)24(23-14)10-16(25)22-15-6-2-5-13(20)18(15)21/h1-9H,10H2,(H,22,25). The van der Waals surface area contributed by atoms with Crippen LogP contribution in [0.5, 0.6) is 0 Å². The minimum absolute atomic E-state index is 0.241. The van der Waals surface area contributed by atoms with Crippen LogP contribution < -0.4 is 10.9 Å². The fraction of sp³-hybridized carbons (Fsp3) is 0.0556. The number of nitrogens with one attached hydrogen (secondary N) is 1. The quantitative estimate of drug-likeness (QED) is 0.628. The highest BCUT2D eigenvalue weighted by molar-refractivity contribution is 9.10. The zero-order valence-corrected chi connectivity index (χ0v) is 16.3. The predicted octanol–water partition coefficient (Wildman–Crippen LogP) is 4.62. The molecule has 0 unspecified atom stereocenters. The minimum atomic E-state index is -0.435. The molecule has 0 spiro atoms. The second-order valence-electron chi connectivity index (χ2n) is 5.37. The molecule has 1 aromatic heterocycles. The van der Waals surface area contributed by atoms with Gasteiger partial charge in [0.05, 0.1) is 21.4 Å². The zero-order valence-electron chi connectivity index (χ0n) is 13.2. The summed E-state index contributed by atoms with van der Waals surface area (Å²) in [5.74, 6) is -0.435. The Balaban J connectivity index is 1.83. The Labute approximate surface area is 167 Å². The zero-order chi connectivity index (χ0) is 18.7. The van der Waals surface area contributed by atoms with Crippen molar-refractivity contribution in [3.8, 4) is 11.3 Å². The molecule has 0 saturated heterocycles. The molecule has 26 heavy (non-hydrogen) atoms. The third-order valence-corrected chi connectivity index (χ3v) is 4.82. The Kier molecular flexibility index (Phi) is 5.76. The van der Waals surface area contributed by atoms with Crippen molar-refractivity contribution in [3.63, 3.8) is 0 Å². The number of hydrogen-bond acceptors (Lipinski definition) is 3. The molecule has 2 aromatic carbocycles. The molecule has 0 aliphatic heterocycles. The molecule has 0 aliphatic carbocycles. The molecule has 0 atom stereocenters. The molecule has 3 rings (SSSR count). The summed E-state index contributed by atoms with van der Waals surface area (Å²) in [7, 11) is 0. The lowest BCUT2D eigenvalue weighted by atomic mass is 10.1. The summed E-state index contributed by atoms with van der Waals surface area (Å²) >= 11 is 15.4. The second-order valence-corrected chi connectivity index (χ2v) is 7.08. The van der Waals surface area contributed by atoms with Crippen molar-refractivity contribution in [2.24, 2.45) is 0 Å². The van der Waals surface area contributed by atoms with Gasteiger partial charge in [0.15, 0.2) is 0 Å². The van der Waals surface area contributed by atoms with Gasteiger partial charge in [-0.1, -0.05) is 57.3 Å². The summed E-state index contributed by atoms with van der Waals surface area (Å²) in [6.07, 6.45) is 0. The predicted molar refractivity (Wildman–Crippen MR) is 107 cm³/mol. The van der Waals surface area contributed by atoms with Crippen molar-refractivity contribution >= 4 is 50.7 Å². The first kappa shape index (κ1) is 18.6. The molecule has 1 N–H and O–H groups in total. The molecule has 5 nitrogen and oxygen atoms in total. The first-order valence-electron chi connectivity index (χ1n) is 7.52. The molecule has 0 fully saturated rings. The lowest BCUT2D eigenvalue weighted by molar-refractivity contribution is -0.117. The Morgan fingerprint density at radius 3 is 2.65 bits per heavy atom. The van der Waals surface area contributed by atoms with Gasteiger partial charge in [-0.25, -0.2) is 4.68 Å². The monoisotopic (exact) mass is 451 g/mol. The maximum absolute atomic E-state index is 12.3.